The zero-order valence-electron chi connectivity index (χ0n) is 29.4. The number of rotatable bonds is 8. The highest BCUT2D eigenvalue weighted by Crippen LogP contribution is 2.29. The van der Waals surface area contributed by atoms with Crippen LogP contribution in [0.4, 0.5) is 64.0 Å². The molecule has 23 heteroatoms. The van der Waals surface area contributed by atoms with Gasteiger partial charge in [-0.1, -0.05) is 19.0 Å². The number of hydrogen-bond donors (Lipinski definition) is 6. The zero-order chi connectivity index (χ0) is 41.3. The molecule has 58 heavy (non-hydrogen) atoms. The van der Waals surface area contributed by atoms with Crippen molar-refractivity contribution in [3.05, 3.63) is 99.5 Å². The van der Waals surface area contributed by atoms with Crippen LogP contribution in [0.25, 0.3) is 11.3 Å². The van der Waals surface area contributed by atoms with E-state index in [4.69, 9.17) is 11.6 Å². The van der Waals surface area contributed by atoms with Crippen LogP contribution in [0.5, 0.6) is 0 Å². The second-order valence-corrected chi connectivity index (χ2v) is 12.8. The number of fused-ring (bicyclic) bond motifs is 2. The van der Waals surface area contributed by atoms with Crippen LogP contribution in [0.15, 0.2) is 36.7 Å². The monoisotopic (exact) mass is 840 g/mol. The topological polar surface area (TPSA) is 181 Å². The Morgan fingerprint density at radius 1 is 0.672 bits per heavy atom. The fourth-order valence-electron chi connectivity index (χ4n) is 5.02. The summed E-state index contributed by atoms with van der Waals surface area (Å²) in [5.74, 6) is -12.1. The van der Waals surface area contributed by atoms with Gasteiger partial charge in [0.05, 0.1) is 12.4 Å². The summed E-state index contributed by atoms with van der Waals surface area (Å²) in [4.78, 5) is 32.7. The molecule has 6 aromatic rings. The highest BCUT2D eigenvalue weighted by atomic mass is 35.5. The second kappa shape index (κ2) is 17.4. The molecule has 14 nitrogen and oxygen atoms in total. The van der Waals surface area contributed by atoms with E-state index < -0.39 is 63.8 Å². The summed E-state index contributed by atoms with van der Waals surface area (Å²) < 4.78 is 107. The van der Waals surface area contributed by atoms with Gasteiger partial charge in [0.1, 0.15) is 45.1 Å². The number of anilines is 5. The van der Waals surface area contributed by atoms with Gasteiger partial charge in [-0.05, 0) is 25.7 Å². The maximum Gasteiger partial charge on any atom is 0.256 e. The SMILES string of the molecule is C.CNc1cc(Cl)nc2c(C(=O)NC3CC3)cnn12.CNc1cc(Nc2c(F)c(F)cc(F)c2F)nc2c(C(=O)NC3CC3)cnn12.Nc1c(F)c(F)cc(F)c1F. The van der Waals surface area contributed by atoms with Crippen LogP contribution in [0, 0.1) is 46.5 Å². The fraction of sp³-hybridized carbons (Fsp3) is 0.257. The van der Waals surface area contributed by atoms with E-state index in [-0.39, 0.29) is 48.5 Å². The lowest BCUT2D eigenvalue weighted by Gasteiger charge is -2.12. The molecule has 0 spiro atoms. The van der Waals surface area contributed by atoms with Gasteiger partial charge in [-0.15, -0.1) is 0 Å². The van der Waals surface area contributed by atoms with E-state index in [1.807, 2.05) is 0 Å². The number of hydrogen-bond acceptors (Lipinski definition) is 10. The molecular formula is C35H33ClF8N12O2. The Hall–Kier alpha value is -6.45. The smallest absolute Gasteiger partial charge is 0.256 e. The van der Waals surface area contributed by atoms with Crippen LogP contribution in [-0.2, 0) is 0 Å². The van der Waals surface area contributed by atoms with Crippen molar-refractivity contribution >= 4 is 63.5 Å². The number of nitrogens with zero attached hydrogens (tertiary/aromatic N) is 6. The first-order valence-electron chi connectivity index (χ1n) is 16.7. The number of amides is 2. The molecule has 2 saturated carbocycles. The summed E-state index contributed by atoms with van der Waals surface area (Å²) in [6.07, 6.45) is 6.68. The minimum Gasteiger partial charge on any atom is -0.394 e. The highest BCUT2D eigenvalue weighted by molar-refractivity contribution is 6.29. The van der Waals surface area contributed by atoms with E-state index in [0.717, 1.165) is 25.7 Å². The van der Waals surface area contributed by atoms with E-state index in [1.54, 1.807) is 24.7 Å². The van der Waals surface area contributed by atoms with Crippen molar-refractivity contribution in [2.75, 3.05) is 35.8 Å². The predicted octanol–water partition coefficient (Wildman–Crippen LogP) is 6.74. The van der Waals surface area contributed by atoms with Crippen LogP contribution < -0.4 is 32.3 Å². The average Bonchev–Trinajstić information content (AvgIpc) is 4.10. The maximum atomic E-state index is 14.0. The largest absolute Gasteiger partial charge is 0.394 e. The second-order valence-electron chi connectivity index (χ2n) is 12.4. The Morgan fingerprint density at radius 3 is 1.52 bits per heavy atom. The molecule has 2 aliphatic rings. The third-order valence-corrected chi connectivity index (χ3v) is 8.44. The Bertz CT molecular complexity index is 2480. The molecule has 0 aliphatic heterocycles. The minimum absolute atomic E-state index is 0. The Labute approximate surface area is 328 Å². The normalized spacial score (nSPS) is 13.1. The molecule has 2 aromatic carbocycles. The Balaban J connectivity index is 0.000000183. The van der Waals surface area contributed by atoms with Gasteiger partial charge >= 0.3 is 0 Å². The molecule has 8 rings (SSSR count). The van der Waals surface area contributed by atoms with E-state index in [2.05, 4.69) is 52.5 Å². The molecule has 0 radical (unpaired) electrons. The van der Waals surface area contributed by atoms with Gasteiger partial charge in [0.2, 0.25) is 0 Å². The Kier molecular flexibility index (Phi) is 12.8. The molecule has 308 valence electrons. The Morgan fingerprint density at radius 2 is 1.09 bits per heavy atom. The molecule has 7 N–H and O–H groups in total. The first-order valence-corrected chi connectivity index (χ1v) is 17.1. The lowest BCUT2D eigenvalue weighted by molar-refractivity contribution is 0.0944. The van der Waals surface area contributed by atoms with Gasteiger partial charge in [-0.2, -0.15) is 19.2 Å². The molecule has 0 bridgehead atoms. The highest BCUT2D eigenvalue weighted by Gasteiger charge is 2.28. The third-order valence-electron chi connectivity index (χ3n) is 8.25. The zero-order valence-corrected chi connectivity index (χ0v) is 30.2. The van der Waals surface area contributed by atoms with E-state index in [9.17, 15) is 44.7 Å². The molecule has 4 aromatic heterocycles. The van der Waals surface area contributed by atoms with Crippen LogP contribution in [0.2, 0.25) is 5.15 Å². The van der Waals surface area contributed by atoms with E-state index in [1.165, 1.54) is 23.0 Å². The minimum atomic E-state index is -1.59. The van der Waals surface area contributed by atoms with Crippen LogP contribution in [-0.4, -0.2) is 67.2 Å². The number of nitrogens with one attached hydrogen (secondary N) is 5. The van der Waals surface area contributed by atoms with Gasteiger partial charge in [0, 0.05) is 50.4 Å². The maximum absolute atomic E-state index is 14.0. The number of carbonyl (C=O) groups is 2. The number of aromatic nitrogens is 6. The van der Waals surface area contributed by atoms with Crippen molar-refractivity contribution in [3.8, 4) is 0 Å². The summed E-state index contributed by atoms with van der Waals surface area (Å²) >= 11 is 5.93. The lowest BCUT2D eigenvalue weighted by Crippen LogP contribution is -2.25. The summed E-state index contributed by atoms with van der Waals surface area (Å²) in [6, 6.07) is 3.60. The van der Waals surface area contributed by atoms with Crippen LogP contribution in [0.3, 0.4) is 0 Å². The van der Waals surface area contributed by atoms with Gasteiger partial charge in [0.15, 0.2) is 57.8 Å². The van der Waals surface area contributed by atoms with Gasteiger partial charge in [-0.25, -0.2) is 45.1 Å². The lowest BCUT2D eigenvalue weighted by atomic mass is 10.2. The molecule has 0 atom stereocenters. The van der Waals surface area contributed by atoms with Crippen molar-refractivity contribution in [3.63, 3.8) is 0 Å². The molecule has 4 heterocycles. The quantitative estimate of drug-likeness (QED) is 0.0416. The molecule has 2 fully saturated rings. The molecule has 2 aliphatic carbocycles. The van der Waals surface area contributed by atoms with Crippen molar-refractivity contribution in [1.29, 1.82) is 0 Å². The standard InChI is InChI=1S/C17H14F4N6O.C11H12ClN5O.C6H3F4N.CH4/c1-22-12-5-11(25-15-13(20)9(18)4-10(19)14(15)21)26-16-8(6-23-27(12)16)17(28)24-7-2-3-7;1-13-9-4-8(12)16-10-7(5-14-17(9)10)11(18)15-6-2-3-6;7-2-1-3(8)5(10)6(11)4(2)9;/h4-7,22H,2-3H2,1H3,(H,24,28)(H,25,26);4-6,13H,2-3H2,1H3,(H,15,18);1H,11H2;1H4. The van der Waals surface area contributed by atoms with Gasteiger partial charge < -0.3 is 32.3 Å². The molecule has 0 saturated heterocycles. The summed E-state index contributed by atoms with van der Waals surface area (Å²) in [5.41, 5.74) is 3.65. The number of nitrogen functional groups attached to an aromatic ring is 1. The van der Waals surface area contributed by atoms with Gasteiger partial charge in [-0.3, -0.25) is 9.59 Å². The van der Waals surface area contributed by atoms with Crippen molar-refractivity contribution in [1.82, 2.24) is 39.8 Å². The molecule has 2 amide bonds. The summed E-state index contributed by atoms with van der Waals surface area (Å²) in [6.45, 7) is 0. The molecule has 0 unspecified atom stereocenters. The van der Waals surface area contributed by atoms with Crippen LogP contribution in [0.1, 0.15) is 53.8 Å². The summed E-state index contributed by atoms with van der Waals surface area (Å²) in [5, 5.41) is 22.3. The van der Waals surface area contributed by atoms with Crippen molar-refractivity contribution in [2.24, 2.45) is 0 Å². The third kappa shape index (κ3) is 9.06. The van der Waals surface area contributed by atoms with Gasteiger partial charge in [0.25, 0.3) is 11.8 Å². The average molecular weight is 841 g/mol. The van der Waals surface area contributed by atoms with Crippen molar-refractivity contribution in [2.45, 2.75) is 45.2 Å². The first-order chi connectivity index (χ1) is 27.1. The number of carbonyl (C=O) groups excluding carboxylic acids is 2. The van der Waals surface area contributed by atoms with E-state index >= 15 is 0 Å². The van der Waals surface area contributed by atoms with E-state index in [0.29, 0.717) is 34.0 Å². The summed E-state index contributed by atoms with van der Waals surface area (Å²) in [7, 11) is 3.32. The molecular weight excluding hydrogens is 808 g/mol. The number of nitrogens with two attached hydrogens (primary N) is 1. The predicted molar refractivity (Wildman–Crippen MR) is 198 cm³/mol. The van der Waals surface area contributed by atoms with Crippen molar-refractivity contribution < 1.29 is 44.7 Å². The number of benzene rings is 2. The van der Waals surface area contributed by atoms with Crippen LogP contribution >= 0.6 is 11.6 Å². The number of halogens is 9. The first kappa shape index (κ1) is 42.7. The fourth-order valence-corrected chi connectivity index (χ4v) is 5.20.